The Bertz CT molecular complexity index is 379. The Balaban J connectivity index is 2.68. The van der Waals surface area contributed by atoms with Gasteiger partial charge in [-0.3, -0.25) is 4.79 Å². The highest BCUT2D eigenvalue weighted by Crippen LogP contribution is 2.15. The number of primary amides is 1. The zero-order valence-electron chi connectivity index (χ0n) is 9.43. The van der Waals surface area contributed by atoms with Crippen LogP contribution in [0.1, 0.15) is 10.4 Å². The Hall–Kier alpha value is -1.82. The maximum Gasteiger partial charge on any atom is 0.251 e. The number of anilines is 1. The second-order valence-corrected chi connectivity index (χ2v) is 3.63. The van der Waals surface area contributed by atoms with Crippen molar-refractivity contribution in [2.24, 2.45) is 5.73 Å². The lowest BCUT2D eigenvalue weighted by Crippen LogP contribution is -2.20. The normalized spacial score (nSPS) is 10.4. The molecule has 0 unspecified atom stereocenters. The molecule has 1 amide bonds. The minimum Gasteiger partial charge on any atom is -0.476 e. The molecule has 1 aromatic rings. The van der Waals surface area contributed by atoms with Gasteiger partial charge in [0.05, 0.1) is 17.4 Å². The van der Waals surface area contributed by atoms with Crippen molar-refractivity contribution in [1.29, 1.82) is 0 Å². The maximum atomic E-state index is 11.0. The Morgan fingerprint density at radius 3 is 2.81 bits per heavy atom. The number of nitrogen functional groups attached to an aromatic ring is 1. The van der Waals surface area contributed by atoms with Crippen LogP contribution in [0.5, 0.6) is 5.88 Å². The lowest BCUT2D eigenvalue weighted by Gasteiger charge is -2.11. The van der Waals surface area contributed by atoms with Crippen LogP contribution >= 0.6 is 0 Å². The molecule has 0 atom stereocenters. The lowest BCUT2D eigenvalue weighted by molar-refractivity contribution is 0.100. The van der Waals surface area contributed by atoms with E-state index in [1.165, 1.54) is 12.3 Å². The molecular formula is C10H16N4O2. The average molecular weight is 224 g/mol. The van der Waals surface area contributed by atoms with Gasteiger partial charge in [0.15, 0.2) is 0 Å². The molecule has 0 aliphatic carbocycles. The van der Waals surface area contributed by atoms with E-state index in [-0.39, 0.29) is 11.3 Å². The first-order chi connectivity index (χ1) is 7.50. The van der Waals surface area contributed by atoms with E-state index in [2.05, 4.69) is 4.98 Å². The number of nitrogens with zero attached hydrogens (tertiary/aromatic N) is 2. The monoisotopic (exact) mass is 224 g/mol. The van der Waals surface area contributed by atoms with Gasteiger partial charge in [0.25, 0.3) is 5.91 Å². The number of likely N-dealkylation sites (N-methyl/N-ethyl adjacent to an activating group) is 1. The molecule has 16 heavy (non-hydrogen) atoms. The smallest absolute Gasteiger partial charge is 0.251 e. The summed E-state index contributed by atoms with van der Waals surface area (Å²) < 4.78 is 5.35. The highest BCUT2D eigenvalue weighted by atomic mass is 16.5. The van der Waals surface area contributed by atoms with E-state index in [4.69, 9.17) is 16.2 Å². The number of aromatic nitrogens is 1. The van der Waals surface area contributed by atoms with Gasteiger partial charge in [-0.15, -0.1) is 0 Å². The predicted molar refractivity (Wildman–Crippen MR) is 61.2 cm³/mol. The topological polar surface area (TPSA) is 94.5 Å². The van der Waals surface area contributed by atoms with Crippen LogP contribution in [0.4, 0.5) is 5.69 Å². The Kier molecular flexibility index (Phi) is 4.07. The van der Waals surface area contributed by atoms with E-state index in [1.807, 2.05) is 19.0 Å². The Morgan fingerprint density at radius 2 is 2.25 bits per heavy atom. The lowest BCUT2D eigenvalue weighted by atomic mass is 10.2. The van der Waals surface area contributed by atoms with Gasteiger partial charge in [0, 0.05) is 12.6 Å². The van der Waals surface area contributed by atoms with Crippen molar-refractivity contribution in [3.05, 3.63) is 17.8 Å². The quantitative estimate of drug-likeness (QED) is 0.716. The summed E-state index contributed by atoms with van der Waals surface area (Å²) >= 11 is 0. The van der Waals surface area contributed by atoms with Gasteiger partial charge in [0.2, 0.25) is 5.88 Å². The number of amides is 1. The molecule has 6 heteroatoms. The summed E-state index contributed by atoms with van der Waals surface area (Å²) in [6, 6.07) is 1.45. The van der Waals surface area contributed by atoms with Gasteiger partial charge in [-0.25, -0.2) is 4.98 Å². The van der Waals surface area contributed by atoms with Crippen LogP contribution in [-0.4, -0.2) is 43.0 Å². The number of carbonyl (C=O) groups is 1. The molecule has 0 aromatic carbocycles. The summed E-state index contributed by atoms with van der Waals surface area (Å²) in [7, 11) is 3.88. The maximum absolute atomic E-state index is 11.0. The van der Waals surface area contributed by atoms with E-state index in [9.17, 15) is 4.79 Å². The van der Waals surface area contributed by atoms with Crippen molar-refractivity contribution in [3.63, 3.8) is 0 Å². The first kappa shape index (κ1) is 12.3. The Labute approximate surface area is 94.2 Å². The molecule has 0 bridgehead atoms. The largest absolute Gasteiger partial charge is 0.476 e. The van der Waals surface area contributed by atoms with Gasteiger partial charge < -0.3 is 21.1 Å². The van der Waals surface area contributed by atoms with Crippen molar-refractivity contribution in [3.8, 4) is 5.88 Å². The summed E-state index contributed by atoms with van der Waals surface area (Å²) in [4.78, 5) is 16.9. The minimum absolute atomic E-state index is 0.231. The fraction of sp³-hybridized carbons (Fsp3) is 0.400. The zero-order chi connectivity index (χ0) is 12.1. The third-order valence-corrected chi connectivity index (χ3v) is 1.96. The minimum atomic E-state index is -0.586. The van der Waals surface area contributed by atoms with E-state index in [1.54, 1.807) is 0 Å². The van der Waals surface area contributed by atoms with Crippen molar-refractivity contribution < 1.29 is 9.53 Å². The second-order valence-electron chi connectivity index (χ2n) is 3.63. The SMILES string of the molecule is CN(C)CCOc1cc(C(N)=O)c(N)cn1. The number of hydrogen-bond donors (Lipinski definition) is 2. The van der Waals surface area contributed by atoms with Crippen molar-refractivity contribution in [1.82, 2.24) is 9.88 Å². The number of ether oxygens (including phenoxy) is 1. The molecule has 0 saturated carbocycles. The van der Waals surface area contributed by atoms with E-state index < -0.39 is 5.91 Å². The molecule has 0 aliphatic heterocycles. The molecule has 4 N–H and O–H groups in total. The average Bonchev–Trinajstić information content (AvgIpc) is 2.19. The first-order valence-corrected chi connectivity index (χ1v) is 4.83. The van der Waals surface area contributed by atoms with Gasteiger partial charge in [-0.2, -0.15) is 0 Å². The number of carbonyl (C=O) groups excluding carboxylic acids is 1. The number of rotatable bonds is 5. The first-order valence-electron chi connectivity index (χ1n) is 4.83. The molecule has 0 radical (unpaired) electrons. The third kappa shape index (κ3) is 3.39. The zero-order valence-corrected chi connectivity index (χ0v) is 9.43. The van der Waals surface area contributed by atoms with Gasteiger partial charge in [-0.1, -0.05) is 0 Å². The number of hydrogen-bond acceptors (Lipinski definition) is 5. The van der Waals surface area contributed by atoms with Crippen LogP contribution in [0.25, 0.3) is 0 Å². The molecule has 6 nitrogen and oxygen atoms in total. The third-order valence-electron chi connectivity index (χ3n) is 1.96. The van der Waals surface area contributed by atoms with Crippen molar-refractivity contribution >= 4 is 11.6 Å². The highest BCUT2D eigenvalue weighted by molar-refractivity contribution is 5.97. The van der Waals surface area contributed by atoms with Crippen molar-refractivity contribution in [2.45, 2.75) is 0 Å². The standard InChI is InChI=1S/C10H16N4O2/c1-14(2)3-4-16-9-5-7(10(12)15)8(11)6-13-9/h5-6H,3-4,11H2,1-2H3,(H2,12,15). The van der Waals surface area contributed by atoms with E-state index in [0.29, 0.717) is 12.5 Å². The molecule has 0 spiro atoms. The fourth-order valence-electron chi connectivity index (χ4n) is 1.07. The summed E-state index contributed by atoms with van der Waals surface area (Å²) in [6.45, 7) is 1.25. The molecule has 1 heterocycles. The molecule has 1 rings (SSSR count). The fourth-order valence-corrected chi connectivity index (χ4v) is 1.07. The number of nitrogens with two attached hydrogens (primary N) is 2. The molecular weight excluding hydrogens is 208 g/mol. The van der Waals surface area contributed by atoms with Gasteiger partial charge >= 0.3 is 0 Å². The molecule has 88 valence electrons. The number of pyridine rings is 1. The molecule has 0 fully saturated rings. The highest BCUT2D eigenvalue weighted by Gasteiger charge is 2.08. The van der Waals surface area contributed by atoms with Crippen LogP contribution < -0.4 is 16.2 Å². The van der Waals surface area contributed by atoms with E-state index >= 15 is 0 Å². The van der Waals surface area contributed by atoms with Gasteiger partial charge in [-0.05, 0) is 14.1 Å². The summed E-state index contributed by atoms with van der Waals surface area (Å²) in [6.07, 6.45) is 1.37. The van der Waals surface area contributed by atoms with Crippen molar-refractivity contribution in [2.75, 3.05) is 33.0 Å². The van der Waals surface area contributed by atoms with Crippen LogP contribution in [0, 0.1) is 0 Å². The van der Waals surface area contributed by atoms with Crippen LogP contribution in [0.3, 0.4) is 0 Å². The Morgan fingerprint density at radius 1 is 1.56 bits per heavy atom. The summed E-state index contributed by atoms with van der Waals surface area (Å²) in [5, 5.41) is 0. The van der Waals surface area contributed by atoms with Gasteiger partial charge in [0.1, 0.15) is 6.61 Å². The summed E-state index contributed by atoms with van der Waals surface area (Å²) in [5.74, 6) is -0.234. The van der Waals surface area contributed by atoms with E-state index in [0.717, 1.165) is 6.54 Å². The molecule has 0 aliphatic rings. The second kappa shape index (κ2) is 5.32. The summed E-state index contributed by atoms with van der Waals surface area (Å²) in [5.41, 5.74) is 11.2. The van der Waals surface area contributed by atoms with Crippen LogP contribution in [-0.2, 0) is 0 Å². The molecule has 0 saturated heterocycles. The van der Waals surface area contributed by atoms with Crippen LogP contribution in [0.2, 0.25) is 0 Å². The molecule has 1 aromatic heterocycles. The predicted octanol–water partition coefficient (Wildman–Crippen LogP) is -0.297. The van der Waals surface area contributed by atoms with Crippen LogP contribution in [0.15, 0.2) is 12.3 Å².